The number of aromatic nitrogens is 3. The first-order chi connectivity index (χ1) is 16.1. The highest BCUT2D eigenvalue weighted by Gasteiger charge is 2.22. The lowest BCUT2D eigenvalue weighted by atomic mass is 10.1. The zero-order chi connectivity index (χ0) is 23.0. The Morgan fingerprint density at radius 2 is 1.76 bits per heavy atom. The van der Waals surface area contributed by atoms with E-state index in [0.29, 0.717) is 23.1 Å². The molecule has 1 aromatic heterocycles. The molecule has 1 atom stereocenters. The molecule has 2 N–H and O–H groups in total. The number of hydrogen-bond donors (Lipinski definition) is 2. The predicted molar refractivity (Wildman–Crippen MR) is 126 cm³/mol. The summed E-state index contributed by atoms with van der Waals surface area (Å²) < 4.78 is 0. The van der Waals surface area contributed by atoms with Gasteiger partial charge in [-0.1, -0.05) is 84.6 Å². The van der Waals surface area contributed by atoms with Gasteiger partial charge in [0.2, 0.25) is 11.1 Å². The third kappa shape index (κ3) is 6.05. The third-order valence-corrected chi connectivity index (χ3v) is 6.03. The van der Waals surface area contributed by atoms with Gasteiger partial charge in [0.15, 0.2) is 5.82 Å². The summed E-state index contributed by atoms with van der Waals surface area (Å²) in [5.74, 6) is 0.450. The fourth-order valence-corrected chi connectivity index (χ4v) is 4.27. The van der Waals surface area contributed by atoms with E-state index in [9.17, 15) is 14.9 Å². The van der Waals surface area contributed by atoms with Gasteiger partial charge in [-0.25, -0.2) is 4.98 Å². The third-order valence-electron chi connectivity index (χ3n) is 4.92. The molecule has 8 nitrogen and oxygen atoms in total. The van der Waals surface area contributed by atoms with Crippen molar-refractivity contribution in [1.29, 1.82) is 0 Å². The fraction of sp³-hybridized carbons (Fsp3) is 0.125. The van der Waals surface area contributed by atoms with E-state index in [1.54, 1.807) is 12.1 Å². The first kappa shape index (κ1) is 22.2. The average Bonchev–Trinajstić information content (AvgIpc) is 3.32. The van der Waals surface area contributed by atoms with Gasteiger partial charge in [0.05, 0.1) is 4.92 Å². The van der Waals surface area contributed by atoms with E-state index in [-0.39, 0.29) is 18.0 Å². The maximum Gasteiger partial charge on any atom is 0.269 e. The van der Waals surface area contributed by atoms with E-state index in [2.05, 4.69) is 20.5 Å². The van der Waals surface area contributed by atoms with Crippen LogP contribution in [0.5, 0.6) is 0 Å². The second kappa shape index (κ2) is 10.6. The lowest BCUT2D eigenvalue weighted by molar-refractivity contribution is -0.384. The van der Waals surface area contributed by atoms with Gasteiger partial charge >= 0.3 is 0 Å². The minimum absolute atomic E-state index is 0.0252. The number of rotatable bonds is 9. The van der Waals surface area contributed by atoms with E-state index in [4.69, 9.17) is 0 Å². The molecule has 0 saturated carbocycles. The Hall–Kier alpha value is -3.98. The second-order valence-electron chi connectivity index (χ2n) is 7.26. The number of hydrogen-bond acceptors (Lipinski definition) is 6. The molecule has 4 aromatic rings. The molecule has 3 aromatic carbocycles. The molecule has 0 radical (unpaired) electrons. The fourth-order valence-electron chi connectivity index (χ4n) is 3.25. The van der Waals surface area contributed by atoms with Crippen LogP contribution in [-0.2, 0) is 11.3 Å². The molecule has 9 heteroatoms. The number of carbonyl (C=O) groups excluding carboxylic acids is 1. The minimum atomic E-state index is -0.443. The lowest BCUT2D eigenvalue weighted by Gasteiger charge is -2.15. The summed E-state index contributed by atoms with van der Waals surface area (Å²) in [6.45, 7) is 0.408. The molecule has 166 valence electrons. The van der Waals surface area contributed by atoms with E-state index in [1.165, 1.54) is 23.9 Å². The van der Waals surface area contributed by atoms with Gasteiger partial charge in [-0.15, -0.1) is 5.10 Å². The molecule has 1 heterocycles. The lowest BCUT2D eigenvalue weighted by Crippen LogP contribution is -2.24. The number of aromatic amines is 1. The summed E-state index contributed by atoms with van der Waals surface area (Å²) in [6.07, 6.45) is 0.119. The van der Waals surface area contributed by atoms with Crippen LogP contribution in [0.4, 0.5) is 5.69 Å². The van der Waals surface area contributed by atoms with Gasteiger partial charge in [-0.05, 0) is 11.1 Å². The van der Waals surface area contributed by atoms with Crippen LogP contribution in [-0.4, -0.2) is 26.0 Å². The van der Waals surface area contributed by atoms with Crippen LogP contribution in [0.1, 0.15) is 22.8 Å². The molecule has 0 aliphatic heterocycles. The van der Waals surface area contributed by atoms with E-state index < -0.39 is 10.2 Å². The molecule has 0 aliphatic rings. The van der Waals surface area contributed by atoms with E-state index in [0.717, 1.165) is 11.1 Å². The number of nitrogens with one attached hydrogen (secondary N) is 2. The number of benzene rings is 3. The zero-order valence-corrected chi connectivity index (χ0v) is 18.4. The van der Waals surface area contributed by atoms with Gasteiger partial charge in [0, 0.05) is 35.9 Å². The van der Waals surface area contributed by atoms with Gasteiger partial charge < -0.3 is 5.32 Å². The van der Waals surface area contributed by atoms with E-state index >= 15 is 0 Å². The summed E-state index contributed by atoms with van der Waals surface area (Å²) in [5, 5.41) is 21.4. The molecular formula is C24H21N5O3S. The zero-order valence-electron chi connectivity index (χ0n) is 17.5. The minimum Gasteiger partial charge on any atom is -0.352 e. The van der Waals surface area contributed by atoms with Crippen LogP contribution in [0.25, 0.3) is 11.4 Å². The second-order valence-corrected chi connectivity index (χ2v) is 8.43. The van der Waals surface area contributed by atoms with Crippen molar-refractivity contribution in [2.75, 3.05) is 0 Å². The Balaban J connectivity index is 1.52. The van der Waals surface area contributed by atoms with Crippen LogP contribution in [0, 0.1) is 10.1 Å². The van der Waals surface area contributed by atoms with Gasteiger partial charge in [0.1, 0.15) is 0 Å². The number of thioether (sulfide) groups is 1. The summed E-state index contributed by atoms with van der Waals surface area (Å²) in [4.78, 5) is 28.1. The first-order valence-electron chi connectivity index (χ1n) is 10.3. The molecule has 1 amide bonds. The van der Waals surface area contributed by atoms with Crippen molar-refractivity contribution < 1.29 is 9.72 Å². The number of nitro groups is 1. The van der Waals surface area contributed by atoms with Crippen molar-refractivity contribution in [3.05, 3.63) is 106 Å². The van der Waals surface area contributed by atoms with Crippen LogP contribution in [0.15, 0.2) is 90.1 Å². The Bertz CT molecular complexity index is 1230. The van der Waals surface area contributed by atoms with Crippen LogP contribution < -0.4 is 5.32 Å². The van der Waals surface area contributed by atoms with Crippen molar-refractivity contribution >= 4 is 23.4 Å². The molecule has 0 saturated heterocycles. The Morgan fingerprint density at radius 3 is 2.48 bits per heavy atom. The standard InChI is InChI=1S/C24H21N5O3S/c30-22(25-16-17-8-3-1-4-9-17)15-21(19-12-7-13-20(14-19)29(31)32)33-24-26-23(27-28-24)18-10-5-2-6-11-18/h1-14,21H,15-16H2,(H,25,30)(H,26,27,28). The highest BCUT2D eigenvalue weighted by molar-refractivity contribution is 7.99. The van der Waals surface area contributed by atoms with Gasteiger partial charge in [-0.2, -0.15) is 0 Å². The molecule has 0 fully saturated rings. The first-order valence-corrected chi connectivity index (χ1v) is 11.2. The largest absolute Gasteiger partial charge is 0.352 e. The SMILES string of the molecule is O=C(CC(Sc1n[nH]c(-c2ccccc2)n1)c1cccc([N+](=O)[O-])c1)NCc1ccccc1. The van der Waals surface area contributed by atoms with Gasteiger partial charge in [0.25, 0.3) is 5.69 Å². The maximum absolute atomic E-state index is 12.7. The Morgan fingerprint density at radius 1 is 1.03 bits per heavy atom. The molecule has 33 heavy (non-hydrogen) atoms. The van der Waals surface area contributed by atoms with Crippen LogP contribution in [0.3, 0.4) is 0 Å². The smallest absolute Gasteiger partial charge is 0.269 e. The summed E-state index contributed by atoms with van der Waals surface area (Å²) in [7, 11) is 0. The number of nitrogens with zero attached hydrogens (tertiary/aromatic N) is 3. The topological polar surface area (TPSA) is 114 Å². The molecule has 4 rings (SSSR count). The van der Waals surface area contributed by atoms with Crippen LogP contribution >= 0.6 is 11.8 Å². The summed E-state index contributed by atoms with van der Waals surface area (Å²) in [6, 6.07) is 25.5. The van der Waals surface area contributed by atoms with Gasteiger partial charge in [-0.3, -0.25) is 20.0 Å². The van der Waals surface area contributed by atoms with E-state index in [1.807, 2.05) is 60.7 Å². The van der Waals surface area contributed by atoms with Crippen molar-refractivity contribution in [2.45, 2.75) is 23.4 Å². The highest BCUT2D eigenvalue weighted by atomic mass is 32.2. The molecule has 1 unspecified atom stereocenters. The van der Waals surface area contributed by atoms with Crippen molar-refractivity contribution in [3.63, 3.8) is 0 Å². The quantitative estimate of drug-likeness (QED) is 0.209. The Kier molecular flexibility index (Phi) is 7.11. The maximum atomic E-state index is 12.7. The van der Waals surface area contributed by atoms with Crippen molar-refractivity contribution in [1.82, 2.24) is 20.5 Å². The van der Waals surface area contributed by atoms with Crippen molar-refractivity contribution in [3.8, 4) is 11.4 Å². The Labute approximate surface area is 194 Å². The normalized spacial score (nSPS) is 11.6. The molecule has 0 bridgehead atoms. The van der Waals surface area contributed by atoms with Crippen LogP contribution in [0.2, 0.25) is 0 Å². The molecular weight excluding hydrogens is 438 g/mol. The summed E-state index contributed by atoms with van der Waals surface area (Å²) in [5.41, 5.74) is 2.52. The number of non-ortho nitro benzene ring substituents is 1. The number of amides is 1. The number of H-pyrrole nitrogens is 1. The predicted octanol–water partition coefficient (Wildman–Crippen LogP) is 4.92. The number of carbonyl (C=O) groups is 1. The highest BCUT2D eigenvalue weighted by Crippen LogP contribution is 2.37. The monoisotopic (exact) mass is 459 g/mol. The number of nitro benzene ring substituents is 1. The molecule has 0 spiro atoms. The average molecular weight is 460 g/mol. The molecule has 0 aliphatic carbocycles. The van der Waals surface area contributed by atoms with Crippen molar-refractivity contribution in [2.24, 2.45) is 0 Å². The summed E-state index contributed by atoms with van der Waals surface area (Å²) >= 11 is 1.29.